The zero-order valence-corrected chi connectivity index (χ0v) is 11.8. The third-order valence-corrected chi connectivity index (χ3v) is 3.08. The van der Waals surface area contributed by atoms with Crippen LogP contribution in [-0.2, 0) is 13.6 Å². The van der Waals surface area contributed by atoms with Crippen molar-refractivity contribution in [1.82, 2.24) is 19.7 Å². The summed E-state index contributed by atoms with van der Waals surface area (Å²) in [5.74, 6) is 2.25. The number of anilines is 2. The van der Waals surface area contributed by atoms with Crippen LogP contribution in [0.2, 0.25) is 0 Å². The minimum atomic E-state index is 0.254. The summed E-state index contributed by atoms with van der Waals surface area (Å²) in [4.78, 5) is 8.68. The van der Waals surface area contributed by atoms with Crippen molar-refractivity contribution >= 4 is 11.6 Å². The lowest BCUT2D eigenvalue weighted by Gasteiger charge is -2.10. The fourth-order valence-electron chi connectivity index (χ4n) is 1.74. The number of hydrogen-bond donors (Lipinski definition) is 2. The molecule has 0 saturated carbocycles. The maximum atomic E-state index is 5.79. The summed E-state index contributed by atoms with van der Waals surface area (Å²) in [6.45, 7) is 6.80. The molecule has 0 bridgehead atoms. The van der Waals surface area contributed by atoms with E-state index in [4.69, 9.17) is 5.73 Å². The van der Waals surface area contributed by atoms with Gasteiger partial charge in [0.2, 0.25) is 0 Å². The SMILES string of the molecule is Cc1c(CNc2cc(N)nc(C(C)C)n2)cnn1C. The first-order chi connectivity index (χ1) is 8.97. The van der Waals surface area contributed by atoms with E-state index in [1.54, 1.807) is 6.07 Å². The van der Waals surface area contributed by atoms with E-state index in [2.05, 4.69) is 20.4 Å². The molecule has 2 aromatic heterocycles. The van der Waals surface area contributed by atoms with E-state index in [-0.39, 0.29) is 5.92 Å². The highest BCUT2D eigenvalue weighted by atomic mass is 15.3. The Labute approximate surface area is 113 Å². The van der Waals surface area contributed by atoms with E-state index in [1.165, 1.54) is 0 Å². The fourth-order valence-corrected chi connectivity index (χ4v) is 1.74. The van der Waals surface area contributed by atoms with Crippen molar-refractivity contribution in [1.29, 1.82) is 0 Å². The van der Waals surface area contributed by atoms with Gasteiger partial charge in [0.1, 0.15) is 17.5 Å². The van der Waals surface area contributed by atoms with E-state index < -0.39 is 0 Å². The van der Waals surface area contributed by atoms with Crippen LogP contribution >= 0.6 is 0 Å². The lowest BCUT2D eigenvalue weighted by molar-refractivity contribution is 0.738. The van der Waals surface area contributed by atoms with Crippen LogP contribution < -0.4 is 11.1 Å². The summed E-state index contributed by atoms with van der Waals surface area (Å²) in [7, 11) is 1.93. The molecule has 0 saturated heterocycles. The maximum absolute atomic E-state index is 5.79. The van der Waals surface area contributed by atoms with Crippen molar-refractivity contribution in [2.24, 2.45) is 7.05 Å². The molecule has 0 aromatic carbocycles. The molecule has 19 heavy (non-hydrogen) atoms. The third kappa shape index (κ3) is 3.01. The van der Waals surface area contributed by atoms with Gasteiger partial charge in [0.05, 0.1) is 6.20 Å². The molecule has 0 spiro atoms. The molecule has 6 heteroatoms. The van der Waals surface area contributed by atoms with Crippen molar-refractivity contribution in [3.63, 3.8) is 0 Å². The number of nitrogen functional groups attached to an aromatic ring is 1. The summed E-state index contributed by atoms with van der Waals surface area (Å²) >= 11 is 0. The van der Waals surface area contributed by atoms with Crippen LogP contribution in [0.3, 0.4) is 0 Å². The normalized spacial score (nSPS) is 11.0. The number of rotatable bonds is 4. The van der Waals surface area contributed by atoms with Crippen LogP contribution in [0.25, 0.3) is 0 Å². The largest absolute Gasteiger partial charge is 0.384 e. The number of hydrogen-bond acceptors (Lipinski definition) is 5. The Hall–Kier alpha value is -2.11. The van der Waals surface area contributed by atoms with Crippen LogP contribution in [0.15, 0.2) is 12.3 Å². The molecule has 6 nitrogen and oxygen atoms in total. The zero-order chi connectivity index (χ0) is 14.0. The molecule has 2 heterocycles. The van der Waals surface area contributed by atoms with Gasteiger partial charge in [-0.05, 0) is 6.92 Å². The molecule has 0 aliphatic carbocycles. The lowest BCUT2D eigenvalue weighted by Crippen LogP contribution is -2.08. The molecule has 0 radical (unpaired) electrons. The molecule has 0 unspecified atom stereocenters. The third-order valence-electron chi connectivity index (χ3n) is 3.08. The van der Waals surface area contributed by atoms with Gasteiger partial charge >= 0.3 is 0 Å². The second kappa shape index (κ2) is 5.26. The average Bonchev–Trinajstić information content (AvgIpc) is 2.67. The quantitative estimate of drug-likeness (QED) is 0.876. The van der Waals surface area contributed by atoms with E-state index in [1.807, 2.05) is 38.7 Å². The molecule has 3 N–H and O–H groups in total. The molecule has 0 atom stereocenters. The smallest absolute Gasteiger partial charge is 0.135 e. The fraction of sp³-hybridized carbons (Fsp3) is 0.462. The van der Waals surface area contributed by atoms with Crippen LogP contribution in [0.1, 0.15) is 36.8 Å². The standard InChI is InChI=1S/C13H20N6/c1-8(2)13-17-11(14)5-12(18-13)15-6-10-7-16-19(4)9(10)3/h5,7-8H,6H2,1-4H3,(H3,14,15,17,18). The van der Waals surface area contributed by atoms with Crippen LogP contribution in [0.4, 0.5) is 11.6 Å². The van der Waals surface area contributed by atoms with Gasteiger partial charge < -0.3 is 11.1 Å². The van der Waals surface area contributed by atoms with E-state index in [0.717, 1.165) is 22.9 Å². The molecule has 102 valence electrons. The molecular formula is C13H20N6. The predicted molar refractivity (Wildman–Crippen MR) is 75.8 cm³/mol. The molecular weight excluding hydrogens is 240 g/mol. The highest BCUT2D eigenvalue weighted by molar-refractivity contribution is 5.45. The highest BCUT2D eigenvalue weighted by Gasteiger charge is 2.08. The average molecular weight is 260 g/mol. The molecule has 2 rings (SSSR count). The van der Waals surface area contributed by atoms with Crippen molar-refractivity contribution in [3.05, 3.63) is 29.3 Å². The first-order valence-corrected chi connectivity index (χ1v) is 6.33. The molecule has 2 aromatic rings. The monoisotopic (exact) mass is 260 g/mol. The second-order valence-electron chi connectivity index (χ2n) is 4.92. The summed E-state index contributed by atoms with van der Waals surface area (Å²) in [6.07, 6.45) is 1.86. The number of nitrogens with zero attached hydrogens (tertiary/aromatic N) is 4. The summed E-state index contributed by atoms with van der Waals surface area (Å²) in [6, 6.07) is 1.75. The molecule has 0 aliphatic rings. The Bertz CT molecular complexity index is 573. The van der Waals surface area contributed by atoms with Gasteiger partial charge in [0.25, 0.3) is 0 Å². The van der Waals surface area contributed by atoms with Gasteiger partial charge in [-0.2, -0.15) is 5.10 Å². The van der Waals surface area contributed by atoms with E-state index in [0.29, 0.717) is 12.4 Å². The Morgan fingerprint density at radius 3 is 2.68 bits per heavy atom. The van der Waals surface area contributed by atoms with Gasteiger partial charge in [-0.25, -0.2) is 9.97 Å². The minimum Gasteiger partial charge on any atom is -0.384 e. The summed E-state index contributed by atoms with van der Waals surface area (Å²) in [5, 5.41) is 7.48. The van der Waals surface area contributed by atoms with Gasteiger partial charge in [-0.15, -0.1) is 0 Å². The first kappa shape index (κ1) is 13.3. The minimum absolute atomic E-state index is 0.254. The second-order valence-corrected chi connectivity index (χ2v) is 4.92. The highest BCUT2D eigenvalue weighted by Crippen LogP contribution is 2.16. The van der Waals surface area contributed by atoms with Crippen LogP contribution in [-0.4, -0.2) is 19.7 Å². The van der Waals surface area contributed by atoms with Crippen molar-refractivity contribution in [2.75, 3.05) is 11.1 Å². The first-order valence-electron chi connectivity index (χ1n) is 6.33. The number of nitrogens with one attached hydrogen (secondary N) is 1. The van der Waals surface area contributed by atoms with Crippen LogP contribution in [0.5, 0.6) is 0 Å². The Morgan fingerprint density at radius 1 is 1.37 bits per heavy atom. The summed E-state index contributed by atoms with van der Waals surface area (Å²) in [5.41, 5.74) is 8.07. The summed E-state index contributed by atoms with van der Waals surface area (Å²) < 4.78 is 1.85. The molecule has 0 fully saturated rings. The van der Waals surface area contributed by atoms with Crippen molar-refractivity contribution in [2.45, 2.75) is 33.2 Å². The topological polar surface area (TPSA) is 81.7 Å². The number of aromatic nitrogens is 4. The van der Waals surface area contributed by atoms with E-state index in [9.17, 15) is 0 Å². The van der Waals surface area contributed by atoms with Crippen LogP contribution in [0, 0.1) is 6.92 Å². The Balaban J connectivity index is 2.13. The zero-order valence-electron chi connectivity index (χ0n) is 11.8. The number of nitrogens with two attached hydrogens (primary N) is 1. The van der Waals surface area contributed by atoms with Crippen molar-refractivity contribution in [3.8, 4) is 0 Å². The maximum Gasteiger partial charge on any atom is 0.135 e. The van der Waals surface area contributed by atoms with Gasteiger partial charge in [0.15, 0.2) is 0 Å². The number of aryl methyl sites for hydroxylation is 1. The Morgan fingerprint density at radius 2 is 2.11 bits per heavy atom. The molecule has 0 amide bonds. The van der Waals surface area contributed by atoms with Gasteiger partial charge in [-0.3, -0.25) is 4.68 Å². The Kier molecular flexibility index (Phi) is 3.69. The van der Waals surface area contributed by atoms with Gasteiger partial charge in [-0.1, -0.05) is 13.8 Å². The molecule has 0 aliphatic heterocycles. The van der Waals surface area contributed by atoms with E-state index >= 15 is 0 Å². The van der Waals surface area contributed by atoms with Crippen molar-refractivity contribution < 1.29 is 0 Å². The predicted octanol–water partition coefficient (Wildman–Crippen LogP) is 1.84. The lowest BCUT2D eigenvalue weighted by atomic mass is 10.2. The van der Waals surface area contributed by atoms with Gasteiger partial charge in [0, 0.05) is 36.8 Å².